The maximum Gasteiger partial charge on any atom is 0.269 e. The summed E-state index contributed by atoms with van der Waals surface area (Å²) in [5.74, 6) is -1.50. The Morgan fingerprint density at radius 1 is 1.31 bits per heavy atom. The lowest BCUT2D eigenvalue weighted by Crippen LogP contribution is -2.33. The first-order valence-electron chi connectivity index (χ1n) is 8.88. The number of nitrogens with zero attached hydrogens (tertiary/aromatic N) is 3. The van der Waals surface area contributed by atoms with Crippen LogP contribution in [0.2, 0.25) is 0 Å². The summed E-state index contributed by atoms with van der Waals surface area (Å²) in [5.41, 5.74) is 6.38. The van der Waals surface area contributed by atoms with Crippen molar-refractivity contribution in [2.45, 2.75) is 44.2 Å². The molecule has 0 aliphatic carbocycles. The zero-order valence-electron chi connectivity index (χ0n) is 16.0. The normalized spacial score (nSPS) is 27.7. The summed E-state index contributed by atoms with van der Waals surface area (Å²) < 4.78 is 24.5. The van der Waals surface area contributed by atoms with Crippen LogP contribution >= 0.6 is 0 Å². The van der Waals surface area contributed by atoms with Crippen LogP contribution in [0, 0.1) is 10.1 Å². The molecule has 29 heavy (non-hydrogen) atoms. The maximum absolute atomic E-state index is 12.0. The van der Waals surface area contributed by atoms with Crippen LogP contribution in [0.3, 0.4) is 0 Å². The predicted molar refractivity (Wildman–Crippen MR) is 97.2 cm³/mol. The molecule has 11 nitrogen and oxygen atoms in total. The largest absolute Gasteiger partial charge is 0.375 e. The Morgan fingerprint density at radius 3 is 2.59 bits per heavy atom. The summed E-state index contributed by atoms with van der Waals surface area (Å²) in [5, 5.41) is 15.3. The van der Waals surface area contributed by atoms with Crippen LogP contribution in [0.15, 0.2) is 30.3 Å². The first-order valence-corrected chi connectivity index (χ1v) is 8.88. The monoisotopic (exact) mass is 404 g/mol. The van der Waals surface area contributed by atoms with Crippen molar-refractivity contribution in [3.8, 4) is 5.69 Å². The molecule has 1 aromatic heterocycles. The van der Waals surface area contributed by atoms with Crippen molar-refractivity contribution in [2.24, 2.45) is 5.73 Å². The number of hydrogen-bond acceptors (Lipinski definition) is 8. The molecular weight excluding hydrogens is 384 g/mol. The van der Waals surface area contributed by atoms with E-state index in [1.807, 2.05) is 0 Å². The van der Waals surface area contributed by atoms with Gasteiger partial charge in [-0.3, -0.25) is 14.9 Å². The SMILES string of the molecule is COC1C(c2cc(C(N)=O)n(-c3ccc([N+](=O)[O-])cc3)n2)OC2OC(C)(C)OC21. The number of amides is 1. The van der Waals surface area contributed by atoms with E-state index in [1.54, 1.807) is 13.8 Å². The Bertz CT molecular complexity index is 956. The molecule has 154 valence electrons. The minimum absolute atomic E-state index is 0.0786. The minimum Gasteiger partial charge on any atom is -0.375 e. The van der Waals surface area contributed by atoms with Crippen molar-refractivity contribution in [2.75, 3.05) is 7.11 Å². The first kappa shape index (κ1) is 19.5. The number of nitrogens with two attached hydrogens (primary N) is 1. The molecule has 0 bridgehead atoms. The molecule has 4 unspecified atom stereocenters. The van der Waals surface area contributed by atoms with E-state index in [0.717, 1.165) is 0 Å². The van der Waals surface area contributed by atoms with E-state index in [2.05, 4.69) is 5.10 Å². The number of primary amides is 1. The number of methoxy groups -OCH3 is 1. The summed E-state index contributed by atoms with van der Waals surface area (Å²) in [6.07, 6.45) is -2.26. The standard InChI is InChI=1S/C18H20N4O7/c1-18(2)28-15-14(26-3)13(27-17(15)29-18)11-8-12(16(19)23)21(20-11)9-4-6-10(7-5-9)22(24)25/h4-8,13-15,17H,1-3H3,(H2,19,23). The van der Waals surface area contributed by atoms with Crippen LogP contribution in [0.1, 0.15) is 36.1 Å². The number of nitro benzene ring substituents is 1. The number of nitro groups is 1. The highest BCUT2D eigenvalue weighted by molar-refractivity contribution is 5.91. The predicted octanol–water partition coefficient (Wildman–Crippen LogP) is 1.44. The molecule has 2 fully saturated rings. The summed E-state index contributed by atoms with van der Waals surface area (Å²) in [6, 6.07) is 7.11. The lowest BCUT2D eigenvalue weighted by molar-refractivity contribution is -0.384. The van der Waals surface area contributed by atoms with E-state index in [-0.39, 0.29) is 11.4 Å². The number of hydrogen-bond donors (Lipinski definition) is 1. The zero-order valence-corrected chi connectivity index (χ0v) is 16.0. The second-order valence-electron chi connectivity index (χ2n) is 7.23. The number of carbonyl (C=O) groups is 1. The Balaban J connectivity index is 1.68. The average molecular weight is 404 g/mol. The highest BCUT2D eigenvalue weighted by atomic mass is 16.8. The van der Waals surface area contributed by atoms with Gasteiger partial charge in [0.25, 0.3) is 11.6 Å². The molecule has 4 rings (SSSR count). The highest BCUT2D eigenvalue weighted by Crippen LogP contribution is 2.44. The Morgan fingerprint density at radius 2 is 2.00 bits per heavy atom. The van der Waals surface area contributed by atoms with Gasteiger partial charge in [0.2, 0.25) is 0 Å². The van der Waals surface area contributed by atoms with Gasteiger partial charge in [0.15, 0.2) is 12.1 Å². The van der Waals surface area contributed by atoms with Crippen LogP contribution < -0.4 is 5.73 Å². The van der Waals surface area contributed by atoms with Crippen molar-refractivity contribution in [1.29, 1.82) is 0 Å². The van der Waals surface area contributed by atoms with Gasteiger partial charge in [0.05, 0.1) is 16.3 Å². The second-order valence-corrected chi connectivity index (χ2v) is 7.23. The van der Waals surface area contributed by atoms with Crippen LogP contribution in [-0.2, 0) is 18.9 Å². The van der Waals surface area contributed by atoms with Gasteiger partial charge in [-0.25, -0.2) is 4.68 Å². The molecule has 2 aliphatic heterocycles. The van der Waals surface area contributed by atoms with Crippen LogP contribution in [0.25, 0.3) is 5.69 Å². The van der Waals surface area contributed by atoms with Crippen molar-refractivity contribution in [1.82, 2.24) is 9.78 Å². The van der Waals surface area contributed by atoms with Crippen LogP contribution in [0.5, 0.6) is 0 Å². The lowest BCUT2D eigenvalue weighted by atomic mass is 10.1. The van der Waals surface area contributed by atoms with Crippen LogP contribution in [0.4, 0.5) is 5.69 Å². The average Bonchev–Trinajstić information content (AvgIpc) is 3.31. The van der Waals surface area contributed by atoms with Gasteiger partial charge in [-0.1, -0.05) is 0 Å². The zero-order chi connectivity index (χ0) is 20.9. The number of fused-ring (bicyclic) bond motifs is 1. The molecule has 2 N–H and O–H groups in total. The van der Waals surface area contributed by atoms with Gasteiger partial charge in [-0.2, -0.15) is 5.10 Å². The first-order chi connectivity index (χ1) is 13.7. The van der Waals surface area contributed by atoms with Gasteiger partial charge < -0.3 is 24.7 Å². The molecule has 0 spiro atoms. The van der Waals surface area contributed by atoms with E-state index >= 15 is 0 Å². The Labute approximate surface area is 165 Å². The van der Waals surface area contributed by atoms with Crippen molar-refractivity contribution in [3.05, 3.63) is 51.8 Å². The molecule has 1 aromatic carbocycles. The summed E-state index contributed by atoms with van der Waals surface area (Å²) in [7, 11) is 1.53. The van der Waals surface area contributed by atoms with Crippen molar-refractivity contribution in [3.63, 3.8) is 0 Å². The van der Waals surface area contributed by atoms with Crippen molar-refractivity contribution < 1.29 is 28.7 Å². The number of non-ortho nitro benzene ring substituents is 1. The van der Waals surface area contributed by atoms with Crippen molar-refractivity contribution >= 4 is 11.6 Å². The Kier molecular flexibility index (Phi) is 4.62. The smallest absolute Gasteiger partial charge is 0.269 e. The topological polar surface area (TPSA) is 141 Å². The fraction of sp³-hybridized carbons (Fsp3) is 0.444. The molecule has 2 aliphatic rings. The van der Waals surface area contributed by atoms with E-state index in [1.165, 1.54) is 42.1 Å². The lowest BCUT2D eigenvalue weighted by Gasteiger charge is -2.24. The molecule has 2 aromatic rings. The van der Waals surface area contributed by atoms with E-state index in [4.69, 9.17) is 24.7 Å². The van der Waals surface area contributed by atoms with Gasteiger partial charge in [0, 0.05) is 19.2 Å². The molecule has 1 amide bonds. The summed E-state index contributed by atoms with van der Waals surface area (Å²) in [6.45, 7) is 3.57. The number of rotatable bonds is 5. The number of ether oxygens (including phenoxy) is 4. The molecule has 0 saturated carbocycles. The van der Waals surface area contributed by atoms with E-state index < -0.39 is 41.2 Å². The highest BCUT2D eigenvalue weighted by Gasteiger charge is 2.56. The third-order valence-electron chi connectivity index (χ3n) is 4.84. The summed E-state index contributed by atoms with van der Waals surface area (Å²) in [4.78, 5) is 22.3. The third kappa shape index (κ3) is 3.38. The maximum atomic E-state index is 12.0. The quantitative estimate of drug-likeness (QED) is 0.583. The molecule has 0 radical (unpaired) electrons. The molecule has 4 atom stereocenters. The van der Waals surface area contributed by atoms with Gasteiger partial charge in [-0.15, -0.1) is 0 Å². The fourth-order valence-electron chi connectivity index (χ4n) is 3.60. The Hall–Kier alpha value is -2.86. The van der Waals surface area contributed by atoms with E-state index in [0.29, 0.717) is 11.4 Å². The molecular formula is C18H20N4O7. The molecule has 2 saturated heterocycles. The number of aromatic nitrogens is 2. The van der Waals surface area contributed by atoms with Gasteiger partial charge in [-0.05, 0) is 32.0 Å². The minimum atomic E-state index is -0.798. The fourth-order valence-corrected chi connectivity index (χ4v) is 3.60. The third-order valence-corrected chi connectivity index (χ3v) is 4.84. The molecule has 3 heterocycles. The second kappa shape index (κ2) is 6.88. The summed E-state index contributed by atoms with van der Waals surface area (Å²) >= 11 is 0. The van der Waals surface area contributed by atoms with Crippen LogP contribution in [-0.4, -0.2) is 52.0 Å². The molecule has 11 heteroatoms. The number of benzene rings is 1. The van der Waals surface area contributed by atoms with E-state index in [9.17, 15) is 14.9 Å². The van der Waals surface area contributed by atoms with Gasteiger partial charge >= 0.3 is 0 Å². The van der Waals surface area contributed by atoms with Gasteiger partial charge in [0.1, 0.15) is 24.0 Å². The number of carbonyl (C=O) groups excluding carboxylic acids is 1.